The number of carbonyl (C=O) groups excluding carboxylic acids is 3. The van der Waals surface area contributed by atoms with E-state index in [0.29, 0.717) is 28.4 Å². The fraction of sp³-hybridized carbons (Fsp3) is 0.107. The Labute approximate surface area is 223 Å². The van der Waals surface area contributed by atoms with Gasteiger partial charge in [0.15, 0.2) is 0 Å². The molecule has 3 aromatic carbocycles. The number of nitrogens with zero attached hydrogens (tertiary/aromatic N) is 3. The topological polar surface area (TPSA) is 133 Å². The Morgan fingerprint density at radius 2 is 1.56 bits per heavy atom. The van der Waals surface area contributed by atoms with Crippen molar-refractivity contribution in [3.8, 4) is 17.2 Å². The molecule has 11 heteroatoms. The zero-order valence-electron chi connectivity index (χ0n) is 21.4. The summed E-state index contributed by atoms with van der Waals surface area (Å²) in [5, 5.41) is 6.15. The summed E-state index contributed by atoms with van der Waals surface area (Å²) < 4.78 is 13.5. The van der Waals surface area contributed by atoms with Gasteiger partial charge in [-0.1, -0.05) is 30.3 Å². The normalized spacial score (nSPS) is 10.7. The van der Waals surface area contributed by atoms with Crippen LogP contribution in [0.2, 0.25) is 0 Å². The number of ether oxygens (including phenoxy) is 2. The molecule has 0 bridgehead atoms. The number of esters is 1. The lowest BCUT2D eigenvalue weighted by atomic mass is 10.2. The molecule has 0 unspecified atom stereocenters. The highest BCUT2D eigenvalue weighted by atomic mass is 16.5. The van der Waals surface area contributed by atoms with Crippen LogP contribution in [0.5, 0.6) is 11.5 Å². The van der Waals surface area contributed by atoms with Crippen LogP contribution in [-0.2, 0) is 16.6 Å². The third kappa shape index (κ3) is 5.93. The Bertz CT molecular complexity index is 1600. The maximum absolute atomic E-state index is 12.9. The maximum Gasteiger partial charge on any atom is 0.347 e. The number of anilines is 1. The zero-order valence-corrected chi connectivity index (χ0v) is 21.4. The molecule has 2 N–H and O–H groups in total. The van der Waals surface area contributed by atoms with Gasteiger partial charge in [-0.25, -0.2) is 14.9 Å². The number of amides is 2. The molecule has 0 saturated heterocycles. The Morgan fingerprint density at radius 3 is 2.26 bits per heavy atom. The number of carbonyl (C=O) groups is 3. The summed E-state index contributed by atoms with van der Waals surface area (Å²) in [6, 6.07) is 21.9. The lowest BCUT2D eigenvalue weighted by molar-refractivity contribution is -0.136. The second-order valence-corrected chi connectivity index (χ2v) is 8.25. The van der Waals surface area contributed by atoms with Gasteiger partial charge in [0.05, 0.1) is 24.7 Å². The van der Waals surface area contributed by atoms with Crippen LogP contribution in [0.15, 0.2) is 88.8 Å². The smallest absolute Gasteiger partial charge is 0.347 e. The highest BCUT2D eigenvalue weighted by Crippen LogP contribution is 2.20. The predicted octanol–water partition coefficient (Wildman–Crippen LogP) is 2.80. The molecule has 0 radical (unpaired) electrons. The molecule has 0 aliphatic rings. The molecule has 0 aliphatic carbocycles. The van der Waals surface area contributed by atoms with Crippen molar-refractivity contribution in [1.82, 2.24) is 14.8 Å². The highest BCUT2D eigenvalue weighted by Gasteiger charge is 2.21. The van der Waals surface area contributed by atoms with Crippen LogP contribution in [0.25, 0.3) is 5.69 Å². The quantitative estimate of drug-likeness (QED) is 0.125. The summed E-state index contributed by atoms with van der Waals surface area (Å²) in [6.07, 6.45) is 1.31. The van der Waals surface area contributed by atoms with E-state index < -0.39 is 23.3 Å². The molecule has 0 aliphatic heterocycles. The minimum Gasteiger partial charge on any atom is -0.496 e. The number of methoxy groups -OCH3 is 1. The van der Waals surface area contributed by atoms with Gasteiger partial charge in [0, 0.05) is 7.05 Å². The van der Waals surface area contributed by atoms with Gasteiger partial charge in [0.1, 0.15) is 22.7 Å². The van der Waals surface area contributed by atoms with Crippen molar-refractivity contribution in [3.05, 3.63) is 106 Å². The van der Waals surface area contributed by atoms with Crippen molar-refractivity contribution < 1.29 is 23.9 Å². The van der Waals surface area contributed by atoms with Crippen LogP contribution in [0.4, 0.5) is 5.69 Å². The monoisotopic (exact) mass is 527 g/mol. The first kappa shape index (κ1) is 26.6. The molecule has 0 atom stereocenters. The Hall–Kier alpha value is -5.45. The third-order valence-electron chi connectivity index (χ3n) is 5.80. The molecular formula is C28H25N5O6. The van der Waals surface area contributed by atoms with E-state index in [0.717, 1.165) is 0 Å². The fourth-order valence-corrected chi connectivity index (χ4v) is 3.70. The van der Waals surface area contributed by atoms with Crippen LogP contribution in [0.3, 0.4) is 0 Å². The van der Waals surface area contributed by atoms with Crippen molar-refractivity contribution >= 4 is 29.7 Å². The van der Waals surface area contributed by atoms with E-state index in [2.05, 4.69) is 15.8 Å². The van der Waals surface area contributed by atoms with Crippen molar-refractivity contribution in [1.29, 1.82) is 0 Å². The van der Waals surface area contributed by atoms with Gasteiger partial charge in [-0.15, -0.1) is 0 Å². The largest absolute Gasteiger partial charge is 0.496 e. The van der Waals surface area contributed by atoms with Crippen LogP contribution in [0, 0.1) is 6.92 Å². The molecule has 4 rings (SSSR count). The Balaban J connectivity index is 1.35. The first-order chi connectivity index (χ1) is 18.8. The number of benzene rings is 3. The summed E-state index contributed by atoms with van der Waals surface area (Å²) in [4.78, 5) is 50.0. The first-order valence-corrected chi connectivity index (χ1v) is 11.7. The summed E-state index contributed by atoms with van der Waals surface area (Å²) in [5.41, 5.74) is 3.58. The van der Waals surface area contributed by atoms with Gasteiger partial charge < -0.3 is 14.8 Å². The molecule has 1 heterocycles. The fourth-order valence-electron chi connectivity index (χ4n) is 3.70. The summed E-state index contributed by atoms with van der Waals surface area (Å²) >= 11 is 0. The molecule has 39 heavy (non-hydrogen) atoms. The summed E-state index contributed by atoms with van der Waals surface area (Å²) in [6.45, 7) is 1.66. The van der Waals surface area contributed by atoms with Crippen LogP contribution < -0.4 is 25.8 Å². The standard InChI is InChI=1S/C28H25N5O6/c1-18-24(27(36)33(32(18)2)20-9-5-4-6-10-20)30-25(34)26(35)31-29-17-19-13-15-21(16-14-19)39-28(37)22-11-7-8-12-23(22)38-3/h4-17H,1-3H3,(H,30,34)(H,31,35). The van der Waals surface area contributed by atoms with E-state index in [-0.39, 0.29) is 11.3 Å². The lowest BCUT2D eigenvalue weighted by Gasteiger charge is -2.08. The van der Waals surface area contributed by atoms with Crippen molar-refractivity contribution in [3.63, 3.8) is 0 Å². The van der Waals surface area contributed by atoms with Crippen LogP contribution in [0.1, 0.15) is 21.6 Å². The molecule has 4 aromatic rings. The van der Waals surface area contributed by atoms with E-state index in [1.807, 2.05) is 6.07 Å². The van der Waals surface area contributed by atoms with Crippen molar-refractivity contribution in [2.24, 2.45) is 12.1 Å². The van der Waals surface area contributed by atoms with Gasteiger partial charge in [-0.3, -0.25) is 19.1 Å². The number of hydrogen-bond acceptors (Lipinski definition) is 7. The minimum atomic E-state index is -1.05. The second kappa shape index (κ2) is 11.7. The molecule has 0 fully saturated rings. The molecule has 2 amide bonds. The number of para-hydroxylation sites is 2. The van der Waals surface area contributed by atoms with Gasteiger partial charge in [-0.05, 0) is 61.0 Å². The molecule has 0 saturated carbocycles. The molecule has 0 spiro atoms. The summed E-state index contributed by atoms with van der Waals surface area (Å²) in [7, 11) is 3.14. The van der Waals surface area contributed by atoms with Gasteiger partial charge in [0.25, 0.3) is 5.56 Å². The van der Waals surface area contributed by atoms with E-state index in [9.17, 15) is 19.2 Å². The maximum atomic E-state index is 12.9. The van der Waals surface area contributed by atoms with Crippen molar-refractivity contribution in [2.75, 3.05) is 12.4 Å². The number of rotatable bonds is 7. The number of aromatic nitrogens is 2. The highest BCUT2D eigenvalue weighted by molar-refractivity contribution is 6.39. The minimum absolute atomic E-state index is 0.0104. The SMILES string of the molecule is COc1ccccc1C(=O)Oc1ccc(C=NNC(=O)C(=O)Nc2c(C)n(C)n(-c3ccccc3)c2=O)cc1. The first-order valence-electron chi connectivity index (χ1n) is 11.7. The Morgan fingerprint density at radius 1 is 0.897 bits per heavy atom. The average Bonchev–Trinajstić information content (AvgIpc) is 3.16. The van der Waals surface area contributed by atoms with E-state index >= 15 is 0 Å². The van der Waals surface area contributed by atoms with Crippen LogP contribution in [-0.4, -0.2) is 40.5 Å². The molecule has 198 valence electrons. The van der Waals surface area contributed by atoms with Crippen molar-refractivity contribution in [2.45, 2.75) is 6.92 Å². The Kier molecular flexibility index (Phi) is 8.00. The van der Waals surface area contributed by atoms with Gasteiger partial charge >= 0.3 is 17.8 Å². The predicted molar refractivity (Wildman–Crippen MR) is 145 cm³/mol. The number of hydrogen-bond donors (Lipinski definition) is 2. The third-order valence-corrected chi connectivity index (χ3v) is 5.80. The second-order valence-electron chi connectivity index (χ2n) is 8.25. The van der Waals surface area contributed by atoms with Crippen LogP contribution >= 0.6 is 0 Å². The van der Waals surface area contributed by atoms with Gasteiger partial charge in [-0.2, -0.15) is 5.10 Å². The molecular weight excluding hydrogens is 502 g/mol. The molecule has 1 aromatic heterocycles. The number of nitrogens with one attached hydrogen (secondary N) is 2. The van der Waals surface area contributed by atoms with E-state index in [1.165, 1.54) is 18.0 Å². The summed E-state index contributed by atoms with van der Waals surface area (Å²) in [5.74, 6) is -1.98. The average molecular weight is 528 g/mol. The lowest BCUT2D eigenvalue weighted by Crippen LogP contribution is -2.34. The van der Waals surface area contributed by atoms with Gasteiger partial charge in [0.2, 0.25) is 0 Å². The van der Waals surface area contributed by atoms with E-state index in [4.69, 9.17) is 9.47 Å². The number of hydrazone groups is 1. The zero-order chi connectivity index (χ0) is 27.9. The molecule has 11 nitrogen and oxygen atoms in total. The van der Waals surface area contributed by atoms with E-state index in [1.54, 1.807) is 91.4 Å².